The van der Waals surface area contributed by atoms with Crippen molar-refractivity contribution in [1.82, 2.24) is 9.80 Å². The van der Waals surface area contributed by atoms with Gasteiger partial charge in [-0.25, -0.2) is 0 Å². The molecule has 1 amide bonds. The zero-order chi connectivity index (χ0) is 15.4. The lowest BCUT2D eigenvalue weighted by molar-refractivity contribution is -0.142. The second-order valence-electron chi connectivity index (χ2n) is 4.92. The summed E-state index contributed by atoms with van der Waals surface area (Å²) in [6.07, 6.45) is 0. The molecule has 2 rings (SSSR count). The normalized spacial score (nSPS) is 15.8. The summed E-state index contributed by atoms with van der Waals surface area (Å²) in [7, 11) is 1.36. The summed E-state index contributed by atoms with van der Waals surface area (Å²) in [5.41, 5.74) is 6.17. The minimum atomic E-state index is -0.279. The lowest BCUT2D eigenvalue weighted by Gasteiger charge is -2.34. The molecule has 0 radical (unpaired) electrons. The quantitative estimate of drug-likeness (QED) is 0.459. The number of nitrogens with two attached hydrogens (primary N) is 1. The topological polar surface area (TPSA) is 96.1 Å². The highest BCUT2D eigenvalue weighted by atomic mass is 16.5. The maximum absolute atomic E-state index is 12.3. The number of anilines is 1. The van der Waals surface area contributed by atoms with Crippen molar-refractivity contribution in [3.8, 4) is 5.75 Å². The van der Waals surface area contributed by atoms with Gasteiger partial charge in [0.15, 0.2) is 0 Å². The van der Waals surface area contributed by atoms with E-state index in [1.807, 2.05) is 4.90 Å². The molecule has 0 spiro atoms. The van der Waals surface area contributed by atoms with Gasteiger partial charge in [-0.2, -0.15) is 0 Å². The van der Waals surface area contributed by atoms with Crippen molar-refractivity contribution in [2.75, 3.05) is 45.6 Å². The number of hydrogen-bond donors (Lipinski definition) is 2. The van der Waals surface area contributed by atoms with Crippen LogP contribution in [-0.2, 0) is 9.53 Å². The highest BCUT2D eigenvalue weighted by Gasteiger charge is 2.23. The first-order valence-corrected chi connectivity index (χ1v) is 6.68. The van der Waals surface area contributed by atoms with Gasteiger partial charge in [0.2, 0.25) is 0 Å². The number of piperazine rings is 1. The van der Waals surface area contributed by atoms with Gasteiger partial charge in [0.05, 0.1) is 19.3 Å². The molecule has 1 saturated heterocycles. The molecule has 1 heterocycles. The van der Waals surface area contributed by atoms with Crippen molar-refractivity contribution >= 4 is 17.6 Å². The summed E-state index contributed by atoms with van der Waals surface area (Å²) in [6, 6.07) is 4.48. The van der Waals surface area contributed by atoms with E-state index in [4.69, 9.17) is 5.73 Å². The van der Waals surface area contributed by atoms with Crippen LogP contribution in [0.2, 0.25) is 0 Å². The van der Waals surface area contributed by atoms with Gasteiger partial charge in [-0.3, -0.25) is 14.5 Å². The minimum absolute atomic E-state index is 0.0924. The second kappa shape index (κ2) is 6.45. The fourth-order valence-electron chi connectivity index (χ4n) is 2.22. The molecule has 1 aliphatic heterocycles. The van der Waals surface area contributed by atoms with E-state index in [1.165, 1.54) is 19.2 Å². The molecule has 3 N–H and O–H groups in total. The molecule has 0 unspecified atom stereocenters. The molecule has 0 atom stereocenters. The Balaban J connectivity index is 1.93. The van der Waals surface area contributed by atoms with E-state index in [2.05, 4.69) is 4.74 Å². The number of nitrogens with zero attached hydrogens (tertiary/aromatic N) is 2. The zero-order valence-corrected chi connectivity index (χ0v) is 11.9. The van der Waals surface area contributed by atoms with Gasteiger partial charge in [0, 0.05) is 31.7 Å². The van der Waals surface area contributed by atoms with Gasteiger partial charge >= 0.3 is 5.97 Å². The lowest BCUT2D eigenvalue weighted by Crippen LogP contribution is -2.50. The monoisotopic (exact) mass is 293 g/mol. The van der Waals surface area contributed by atoms with Crippen LogP contribution in [0.15, 0.2) is 18.2 Å². The lowest BCUT2D eigenvalue weighted by atomic mass is 10.1. The fraction of sp³-hybridized carbons (Fsp3) is 0.429. The van der Waals surface area contributed by atoms with Gasteiger partial charge in [0.25, 0.3) is 5.91 Å². The first-order chi connectivity index (χ1) is 10.0. The molecule has 7 heteroatoms. The Morgan fingerprint density at radius 2 is 1.95 bits per heavy atom. The maximum atomic E-state index is 12.3. The first-order valence-electron chi connectivity index (χ1n) is 6.68. The predicted molar refractivity (Wildman–Crippen MR) is 76.9 cm³/mol. The van der Waals surface area contributed by atoms with Gasteiger partial charge in [-0.1, -0.05) is 0 Å². The SMILES string of the molecule is COC(=O)CN1CCN(C(=O)c2ccc(N)c(O)c2)CC1. The molecule has 1 aromatic carbocycles. The summed E-state index contributed by atoms with van der Waals surface area (Å²) < 4.78 is 4.62. The van der Waals surface area contributed by atoms with Crippen LogP contribution in [0.5, 0.6) is 5.75 Å². The van der Waals surface area contributed by atoms with Crippen LogP contribution in [0.3, 0.4) is 0 Å². The predicted octanol–water partition coefficient (Wildman–Crippen LogP) is -0.0948. The third-order valence-electron chi connectivity index (χ3n) is 3.52. The van der Waals surface area contributed by atoms with E-state index >= 15 is 0 Å². The number of carbonyl (C=O) groups is 2. The average molecular weight is 293 g/mol. The Morgan fingerprint density at radius 1 is 1.29 bits per heavy atom. The molecule has 0 saturated carbocycles. The van der Waals surface area contributed by atoms with E-state index in [1.54, 1.807) is 11.0 Å². The Kier molecular flexibility index (Phi) is 4.64. The molecule has 1 aromatic rings. The molecule has 1 aliphatic rings. The molecule has 21 heavy (non-hydrogen) atoms. The number of methoxy groups -OCH3 is 1. The van der Waals surface area contributed by atoms with Gasteiger partial charge in [0.1, 0.15) is 5.75 Å². The maximum Gasteiger partial charge on any atom is 0.319 e. The summed E-state index contributed by atoms with van der Waals surface area (Å²) in [5, 5.41) is 9.56. The smallest absolute Gasteiger partial charge is 0.319 e. The Labute approximate surface area is 122 Å². The second-order valence-corrected chi connectivity index (χ2v) is 4.92. The molecular formula is C14H19N3O4. The Morgan fingerprint density at radius 3 is 2.52 bits per heavy atom. The van der Waals surface area contributed by atoms with E-state index in [-0.39, 0.29) is 29.9 Å². The molecule has 0 aromatic heterocycles. The number of esters is 1. The summed E-state index contributed by atoms with van der Waals surface area (Å²) in [6.45, 7) is 2.52. The standard InChI is InChI=1S/C14H19N3O4/c1-21-13(19)9-16-4-6-17(7-5-16)14(20)10-2-3-11(15)12(18)8-10/h2-3,8,18H,4-7,9,15H2,1H3. The molecule has 1 fully saturated rings. The number of phenols is 1. The number of carbonyl (C=O) groups excluding carboxylic acids is 2. The van der Waals surface area contributed by atoms with Crippen LogP contribution in [-0.4, -0.2) is 66.6 Å². The fourth-order valence-corrected chi connectivity index (χ4v) is 2.22. The number of phenolic OH excluding ortho intramolecular Hbond substituents is 1. The van der Waals surface area contributed by atoms with Crippen molar-refractivity contribution in [2.45, 2.75) is 0 Å². The first kappa shape index (κ1) is 15.1. The third-order valence-corrected chi connectivity index (χ3v) is 3.52. The number of amides is 1. The molecular weight excluding hydrogens is 274 g/mol. The largest absolute Gasteiger partial charge is 0.506 e. The van der Waals surface area contributed by atoms with Crippen LogP contribution < -0.4 is 5.73 Å². The van der Waals surface area contributed by atoms with E-state index < -0.39 is 0 Å². The number of rotatable bonds is 3. The van der Waals surface area contributed by atoms with Crippen LogP contribution in [0, 0.1) is 0 Å². The van der Waals surface area contributed by atoms with Crippen molar-refractivity contribution < 1.29 is 19.4 Å². The zero-order valence-electron chi connectivity index (χ0n) is 11.9. The van der Waals surface area contributed by atoms with Crippen molar-refractivity contribution in [2.24, 2.45) is 0 Å². The summed E-state index contributed by atoms with van der Waals surface area (Å²) >= 11 is 0. The number of aromatic hydroxyl groups is 1. The van der Waals surface area contributed by atoms with Crippen LogP contribution in [0.1, 0.15) is 10.4 Å². The minimum Gasteiger partial charge on any atom is -0.506 e. The van der Waals surface area contributed by atoms with Gasteiger partial charge in [-0.05, 0) is 18.2 Å². The van der Waals surface area contributed by atoms with Gasteiger partial charge < -0.3 is 20.5 Å². The highest BCUT2D eigenvalue weighted by molar-refractivity contribution is 5.95. The molecule has 7 nitrogen and oxygen atoms in total. The summed E-state index contributed by atoms with van der Waals surface area (Å²) in [5.74, 6) is -0.522. The van der Waals surface area contributed by atoms with E-state index in [0.717, 1.165) is 0 Å². The van der Waals surface area contributed by atoms with Crippen molar-refractivity contribution in [3.63, 3.8) is 0 Å². The van der Waals surface area contributed by atoms with Crippen LogP contribution in [0.4, 0.5) is 5.69 Å². The summed E-state index contributed by atoms with van der Waals surface area (Å²) in [4.78, 5) is 27.1. The van der Waals surface area contributed by atoms with E-state index in [9.17, 15) is 14.7 Å². The Hall–Kier alpha value is -2.28. The molecule has 0 aliphatic carbocycles. The average Bonchev–Trinajstić information content (AvgIpc) is 2.50. The van der Waals surface area contributed by atoms with Crippen molar-refractivity contribution in [1.29, 1.82) is 0 Å². The molecule has 114 valence electrons. The Bertz CT molecular complexity index is 539. The number of benzene rings is 1. The number of ether oxygens (including phenoxy) is 1. The van der Waals surface area contributed by atoms with Crippen LogP contribution >= 0.6 is 0 Å². The number of hydrogen-bond acceptors (Lipinski definition) is 6. The van der Waals surface area contributed by atoms with Crippen LogP contribution in [0.25, 0.3) is 0 Å². The third kappa shape index (κ3) is 3.63. The molecule has 0 bridgehead atoms. The highest BCUT2D eigenvalue weighted by Crippen LogP contribution is 2.21. The number of nitrogen functional groups attached to an aromatic ring is 1. The van der Waals surface area contributed by atoms with Gasteiger partial charge in [-0.15, -0.1) is 0 Å². The van der Waals surface area contributed by atoms with Crippen molar-refractivity contribution in [3.05, 3.63) is 23.8 Å². The van der Waals surface area contributed by atoms with E-state index in [0.29, 0.717) is 31.7 Å².